The minimum absolute atomic E-state index is 0.0191. The van der Waals surface area contributed by atoms with Crippen LogP contribution in [0.5, 0.6) is 5.75 Å². The maximum atomic E-state index is 14.4. The number of nitrogens with zero attached hydrogens (tertiary/aromatic N) is 2. The van der Waals surface area contributed by atoms with Crippen molar-refractivity contribution < 1.29 is 31.9 Å². The minimum atomic E-state index is -4.90. The van der Waals surface area contributed by atoms with Crippen molar-refractivity contribution in [2.24, 2.45) is 11.6 Å². The van der Waals surface area contributed by atoms with Crippen LogP contribution in [-0.4, -0.2) is 29.6 Å². The summed E-state index contributed by atoms with van der Waals surface area (Å²) in [5.74, 6) is 2.63. The fourth-order valence-corrected chi connectivity index (χ4v) is 2.31. The Labute approximate surface area is 162 Å². The summed E-state index contributed by atoms with van der Waals surface area (Å²) >= 11 is 0. The van der Waals surface area contributed by atoms with Gasteiger partial charge < -0.3 is 20.6 Å². The summed E-state index contributed by atoms with van der Waals surface area (Å²) in [4.78, 5) is 26.2. The molecule has 0 fully saturated rings. The second-order valence-corrected chi connectivity index (χ2v) is 5.91. The lowest BCUT2D eigenvalue weighted by Crippen LogP contribution is -2.41. The number of halogens is 4. The monoisotopic (exact) mass is 415 g/mol. The molecule has 5 N–H and O–H groups in total. The van der Waals surface area contributed by atoms with E-state index in [-0.39, 0.29) is 23.5 Å². The first-order valence-corrected chi connectivity index (χ1v) is 8.12. The summed E-state index contributed by atoms with van der Waals surface area (Å²) in [5, 5.41) is 3.49. The van der Waals surface area contributed by atoms with Gasteiger partial charge in [-0.3, -0.25) is 9.80 Å². The molecule has 1 aromatic carbocycles. The molecule has 0 aliphatic heterocycles. The fraction of sp³-hybridized carbons (Fsp3) is 0.235. The highest BCUT2D eigenvalue weighted by Crippen LogP contribution is 2.29. The quantitative estimate of drug-likeness (QED) is 0.262. The first-order valence-electron chi connectivity index (χ1n) is 8.12. The van der Waals surface area contributed by atoms with Gasteiger partial charge in [0.05, 0.1) is 11.6 Å². The van der Waals surface area contributed by atoms with Gasteiger partial charge in [0.15, 0.2) is 11.6 Å². The molecule has 2 rings (SSSR count). The van der Waals surface area contributed by atoms with Gasteiger partial charge in [0.25, 0.3) is 5.91 Å². The molecule has 0 aliphatic rings. The lowest BCUT2D eigenvalue weighted by Gasteiger charge is -2.25. The van der Waals surface area contributed by atoms with E-state index in [0.717, 1.165) is 23.2 Å². The number of hydrogen-bond acceptors (Lipinski definition) is 7. The maximum Gasteiger partial charge on any atom is 0.573 e. The number of alkyl halides is 3. The van der Waals surface area contributed by atoms with Crippen molar-refractivity contribution in [1.29, 1.82) is 0 Å². The Hall–Kier alpha value is -3.41. The van der Waals surface area contributed by atoms with Gasteiger partial charge in [-0.1, -0.05) is 6.07 Å². The van der Waals surface area contributed by atoms with Crippen molar-refractivity contribution in [1.82, 2.24) is 4.98 Å². The van der Waals surface area contributed by atoms with Gasteiger partial charge in [-0.15, -0.1) is 13.2 Å². The molecule has 0 saturated carbocycles. The number of rotatable bonds is 8. The van der Waals surface area contributed by atoms with Crippen LogP contribution in [0, 0.1) is 5.82 Å². The summed E-state index contributed by atoms with van der Waals surface area (Å²) in [6.07, 6.45) is -4.33. The Morgan fingerprint density at radius 2 is 2.07 bits per heavy atom. The van der Waals surface area contributed by atoms with Gasteiger partial charge in [-0.05, 0) is 25.1 Å². The van der Waals surface area contributed by atoms with Crippen molar-refractivity contribution in [3.8, 4) is 5.75 Å². The van der Waals surface area contributed by atoms with E-state index < -0.39 is 35.7 Å². The number of anilines is 3. The van der Waals surface area contributed by atoms with Crippen molar-refractivity contribution >= 4 is 29.5 Å². The average molecular weight is 415 g/mol. The zero-order valence-corrected chi connectivity index (χ0v) is 15.0. The van der Waals surface area contributed by atoms with Crippen molar-refractivity contribution in [3.05, 3.63) is 41.7 Å². The predicted molar refractivity (Wildman–Crippen MR) is 95.9 cm³/mol. The van der Waals surface area contributed by atoms with E-state index in [4.69, 9.17) is 11.6 Å². The third-order valence-electron chi connectivity index (χ3n) is 3.71. The first-order chi connectivity index (χ1) is 13.5. The molecule has 1 atom stereocenters. The topological polar surface area (TPSA) is 124 Å². The van der Waals surface area contributed by atoms with Gasteiger partial charge in [-0.2, -0.15) is 0 Å². The molecule has 0 radical (unpaired) electrons. The van der Waals surface area contributed by atoms with Crippen LogP contribution in [0.15, 0.2) is 30.3 Å². The third kappa shape index (κ3) is 5.78. The number of carbonyl (C=O) groups is 2. The summed E-state index contributed by atoms with van der Waals surface area (Å²) in [5.41, 5.74) is 4.94. The number of benzene rings is 1. The Kier molecular flexibility index (Phi) is 6.59. The number of nitrogens with one attached hydrogen (secondary N) is 1. The lowest BCUT2D eigenvalue weighted by atomic mass is 10.2. The molecule has 1 amide bonds. The van der Waals surface area contributed by atoms with Crippen molar-refractivity contribution in [3.63, 3.8) is 0 Å². The second kappa shape index (κ2) is 8.73. The van der Waals surface area contributed by atoms with E-state index in [9.17, 15) is 27.2 Å². The van der Waals surface area contributed by atoms with Crippen LogP contribution in [0.1, 0.15) is 23.7 Å². The van der Waals surface area contributed by atoms with Gasteiger partial charge in [0, 0.05) is 18.2 Å². The van der Waals surface area contributed by atoms with E-state index in [1.807, 2.05) is 0 Å². The highest BCUT2D eigenvalue weighted by Gasteiger charge is 2.31. The van der Waals surface area contributed by atoms with E-state index in [1.54, 1.807) is 6.92 Å². The largest absolute Gasteiger partial charge is 0.573 e. The zero-order chi connectivity index (χ0) is 21.8. The van der Waals surface area contributed by atoms with Crippen molar-refractivity contribution in [2.75, 3.05) is 10.3 Å². The molecule has 12 heteroatoms. The molecule has 2 aromatic rings. The molecule has 1 heterocycles. The van der Waals surface area contributed by atoms with Crippen LogP contribution in [0.25, 0.3) is 0 Å². The Bertz CT molecular complexity index is 907. The molecule has 8 nitrogen and oxygen atoms in total. The number of nitrogens with two attached hydrogens (primary N) is 2. The number of amides is 1. The molecule has 1 aromatic heterocycles. The molecule has 156 valence electrons. The van der Waals surface area contributed by atoms with E-state index in [2.05, 4.69) is 15.0 Å². The van der Waals surface area contributed by atoms with Gasteiger partial charge in [-0.25, -0.2) is 15.2 Å². The Balaban J connectivity index is 2.43. The third-order valence-corrected chi connectivity index (χ3v) is 3.71. The number of primary amides is 1. The molecular formula is C17H17F4N5O3. The SMILES string of the molecule is CC(CC=O)N(N)c1nc(Nc2cccc(OC(F)(F)F)c2)c(C(N)=O)cc1F. The van der Waals surface area contributed by atoms with Crippen LogP contribution in [0.4, 0.5) is 34.9 Å². The molecular weight excluding hydrogens is 398 g/mol. The number of carbonyl (C=O) groups excluding carboxylic acids is 2. The maximum absolute atomic E-state index is 14.4. The average Bonchev–Trinajstić information content (AvgIpc) is 2.61. The number of hydrogen-bond donors (Lipinski definition) is 3. The van der Waals surface area contributed by atoms with Crippen LogP contribution in [-0.2, 0) is 4.79 Å². The second-order valence-electron chi connectivity index (χ2n) is 5.91. The molecule has 29 heavy (non-hydrogen) atoms. The molecule has 0 bridgehead atoms. The molecule has 0 aliphatic carbocycles. The molecule has 0 spiro atoms. The summed E-state index contributed by atoms with van der Waals surface area (Å²) < 4.78 is 55.4. The van der Waals surface area contributed by atoms with Gasteiger partial charge >= 0.3 is 6.36 Å². The van der Waals surface area contributed by atoms with Crippen LogP contribution < -0.4 is 26.6 Å². The molecule has 1 unspecified atom stereocenters. The minimum Gasteiger partial charge on any atom is -0.406 e. The summed E-state index contributed by atoms with van der Waals surface area (Å²) in [6.45, 7) is 1.54. The predicted octanol–water partition coefficient (Wildman–Crippen LogP) is 2.62. The van der Waals surface area contributed by atoms with E-state index in [1.165, 1.54) is 12.1 Å². The van der Waals surface area contributed by atoms with Crippen molar-refractivity contribution in [2.45, 2.75) is 25.7 Å². The van der Waals surface area contributed by atoms with Crippen LogP contribution in [0.3, 0.4) is 0 Å². The Morgan fingerprint density at radius 1 is 1.38 bits per heavy atom. The van der Waals surface area contributed by atoms with Gasteiger partial charge in [0.1, 0.15) is 17.9 Å². The fourth-order valence-electron chi connectivity index (χ4n) is 2.31. The number of aromatic nitrogens is 1. The first kappa shape index (κ1) is 21.9. The highest BCUT2D eigenvalue weighted by atomic mass is 19.4. The van der Waals surface area contributed by atoms with Gasteiger partial charge in [0.2, 0.25) is 0 Å². The summed E-state index contributed by atoms with van der Waals surface area (Å²) in [7, 11) is 0. The number of hydrazine groups is 1. The zero-order valence-electron chi connectivity index (χ0n) is 15.0. The summed E-state index contributed by atoms with van der Waals surface area (Å²) in [6, 6.07) is 4.87. The normalized spacial score (nSPS) is 12.2. The Morgan fingerprint density at radius 3 is 2.66 bits per heavy atom. The van der Waals surface area contributed by atoms with Crippen LogP contribution in [0.2, 0.25) is 0 Å². The standard InChI is InChI=1S/C17H17F4N5O3/c1-9(5-6-27)26(23)16-13(18)8-12(14(22)28)15(25-16)24-10-3-2-4-11(7-10)29-17(19,20)21/h2-4,6-9H,5,23H2,1H3,(H2,22,28)(H,24,25). The highest BCUT2D eigenvalue weighted by molar-refractivity contribution is 5.98. The van der Waals surface area contributed by atoms with E-state index >= 15 is 0 Å². The smallest absolute Gasteiger partial charge is 0.406 e. The molecule has 0 saturated heterocycles. The lowest BCUT2D eigenvalue weighted by molar-refractivity contribution is -0.274. The number of pyridine rings is 1. The van der Waals surface area contributed by atoms with Crippen LogP contribution >= 0.6 is 0 Å². The number of aldehydes is 1. The van der Waals surface area contributed by atoms with E-state index in [0.29, 0.717) is 6.29 Å². The number of ether oxygens (including phenoxy) is 1.